The lowest BCUT2D eigenvalue weighted by molar-refractivity contribution is -0.895. The molecule has 1 aliphatic heterocycles. The van der Waals surface area contributed by atoms with Crippen molar-refractivity contribution in [1.29, 1.82) is 0 Å². The van der Waals surface area contributed by atoms with Crippen LogP contribution in [0, 0.1) is 0 Å². The second-order valence-electron chi connectivity index (χ2n) is 4.64. The molecule has 0 saturated carbocycles. The van der Waals surface area contributed by atoms with Gasteiger partial charge in [-0.05, 0) is 6.07 Å². The predicted octanol–water partition coefficient (Wildman–Crippen LogP) is 0.749. The zero-order valence-electron chi connectivity index (χ0n) is 9.38. The molecule has 0 aliphatic carbocycles. The number of hydrogen-bond donors (Lipinski definition) is 1. The first-order valence-electron chi connectivity index (χ1n) is 5.64. The summed E-state index contributed by atoms with van der Waals surface area (Å²) in [5.41, 5.74) is 4.50. The fourth-order valence-corrected chi connectivity index (χ4v) is 2.76. The van der Waals surface area contributed by atoms with E-state index >= 15 is 0 Å². The SMILES string of the molecule is Cn1c2c(c3ccccc31)C[NH+](C)CC2. The van der Waals surface area contributed by atoms with Crippen molar-refractivity contribution in [2.45, 2.75) is 13.0 Å². The highest BCUT2D eigenvalue weighted by Crippen LogP contribution is 2.25. The number of para-hydroxylation sites is 1. The molecule has 2 nitrogen and oxygen atoms in total. The molecule has 2 aromatic rings. The van der Waals surface area contributed by atoms with Gasteiger partial charge in [0.1, 0.15) is 6.54 Å². The topological polar surface area (TPSA) is 9.37 Å². The van der Waals surface area contributed by atoms with E-state index in [-0.39, 0.29) is 0 Å². The maximum Gasteiger partial charge on any atom is 0.105 e. The van der Waals surface area contributed by atoms with Gasteiger partial charge < -0.3 is 9.47 Å². The number of likely N-dealkylation sites (N-methyl/N-ethyl adjacent to an activating group) is 1. The first-order chi connectivity index (χ1) is 7.27. The number of aromatic nitrogens is 1. The van der Waals surface area contributed by atoms with E-state index in [4.69, 9.17) is 0 Å². The van der Waals surface area contributed by atoms with Crippen molar-refractivity contribution in [3.8, 4) is 0 Å². The van der Waals surface area contributed by atoms with Crippen LogP contribution < -0.4 is 4.90 Å². The predicted molar refractivity (Wildman–Crippen MR) is 62.1 cm³/mol. The number of fused-ring (bicyclic) bond motifs is 3. The highest BCUT2D eigenvalue weighted by Gasteiger charge is 2.22. The Morgan fingerprint density at radius 2 is 2.07 bits per heavy atom. The Labute approximate surface area is 90.1 Å². The van der Waals surface area contributed by atoms with Crippen molar-refractivity contribution in [2.24, 2.45) is 7.05 Å². The number of nitrogens with one attached hydrogen (secondary N) is 1. The molecule has 1 aromatic heterocycles. The van der Waals surface area contributed by atoms with Crippen molar-refractivity contribution in [1.82, 2.24) is 4.57 Å². The van der Waals surface area contributed by atoms with Gasteiger partial charge in [-0.25, -0.2) is 0 Å². The van der Waals surface area contributed by atoms with Crippen LogP contribution in [0.5, 0.6) is 0 Å². The van der Waals surface area contributed by atoms with Crippen molar-refractivity contribution < 1.29 is 4.90 Å². The van der Waals surface area contributed by atoms with E-state index in [0.717, 1.165) is 0 Å². The molecule has 0 spiro atoms. The molecule has 2 heteroatoms. The van der Waals surface area contributed by atoms with E-state index in [0.29, 0.717) is 0 Å². The summed E-state index contributed by atoms with van der Waals surface area (Å²) >= 11 is 0. The van der Waals surface area contributed by atoms with Gasteiger partial charge in [0.15, 0.2) is 0 Å². The van der Waals surface area contributed by atoms with Gasteiger partial charge in [0, 0.05) is 35.6 Å². The summed E-state index contributed by atoms with van der Waals surface area (Å²) in [6.07, 6.45) is 1.21. The van der Waals surface area contributed by atoms with Gasteiger partial charge in [-0.2, -0.15) is 0 Å². The maximum absolute atomic E-state index is 2.37. The largest absolute Gasteiger partial charge is 0.347 e. The summed E-state index contributed by atoms with van der Waals surface area (Å²) in [4.78, 5) is 1.62. The Balaban J connectivity index is 2.33. The quantitative estimate of drug-likeness (QED) is 0.644. The minimum atomic E-state index is 1.18. The normalized spacial score (nSPS) is 20.5. The van der Waals surface area contributed by atoms with Crippen molar-refractivity contribution in [3.05, 3.63) is 35.5 Å². The van der Waals surface area contributed by atoms with E-state index in [2.05, 4.69) is 42.9 Å². The molecule has 0 radical (unpaired) electrons. The van der Waals surface area contributed by atoms with Crippen LogP contribution in [0.1, 0.15) is 11.3 Å². The highest BCUT2D eigenvalue weighted by molar-refractivity contribution is 5.85. The van der Waals surface area contributed by atoms with Crippen LogP contribution in [0.15, 0.2) is 24.3 Å². The van der Waals surface area contributed by atoms with Crippen LogP contribution in [-0.4, -0.2) is 18.2 Å². The van der Waals surface area contributed by atoms with Crippen LogP contribution in [0.4, 0.5) is 0 Å². The number of nitrogens with zero attached hydrogens (tertiary/aromatic N) is 1. The van der Waals surface area contributed by atoms with Gasteiger partial charge in [-0.3, -0.25) is 0 Å². The number of quaternary nitrogens is 1. The molecule has 2 heterocycles. The third-order valence-electron chi connectivity index (χ3n) is 3.61. The Morgan fingerprint density at radius 1 is 1.27 bits per heavy atom. The van der Waals surface area contributed by atoms with E-state index in [1.54, 1.807) is 16.2 Å². The van der Waals surface area contributed by atoms with Crippen LogP contribution in [0.3, 0.4) is 0 Å². The molecule has 1 N–H and O–H groups in total. The first-order valence-corrected chi connectivity index (χ1v) is 5.64. The monoisotopic (exact) mass is 201 g/mol. The summed E-state index contributed by atoms with van der Waals surface area (Å²) < 4.78 is 2.37. The third kappa shape index (κ3) is 1.21. The lowest BCUT2D eigenvalue weighted by atomic mass is 10.1. The number of aryl methyl sites for hydroxylation is 1. The summed E-state index contributed by atoms with van der Waals surface area (Å²) in [6, 6.07) is 8.76. The zero-order chi connectivity index (χ0) is 10.4. The second kappa shape index (κ2) is 3.11. The lowest BCUT2D eigenvalue weighted by Gasteiger charge is -2.20. The highest BCUT2D eigenvalue weighted by atomic mass is 15.1. The minimum Gasteiger partial charge on any atom is -0.347 e. The summed E-state index contributed by atoms with van der Waals surface area (Å²) in [5.74, 6) is 0. The fourth-order valence-electron chi connectivity index (χ4n) is 2.76. The molecule has 0 bridgehead atoms. The van der Waals surface area contributed by atoms with E-state index < -0.39 is 0 Å². The van der Waals surface area contributed by atoms with E-state index in [1.807, 2.05) is 0 Å². The Hall–Kier alpha value is -1.28. The number of hydrogen-bond acceptors (Lipinski definition) is 0. The second-order valence-corrected chi connectivity index (χ2v) is 4.64. The van der Waals surface area contributed by atoms with Crippen LogP contribution in [0.2, 0.25) is 0 Å². The van der Waals surface area contributed by atoms with Gasteiger partial charge in [0.25, 0.3) is 0 Å². The van der Waals surface area contributed by atoms with E-state index in [1.165, 1.54) is 30.4 Å². The van der Waals surface area contributed by atoms with Gasteiger partial charge in [-0.15, -0.1) is 0 Å². The molecule has 0 fully saturated rings. The average molecular weight is 201 g/mol. The van der Waals surface area contributed by atoms with Crippen molar-refractivity contribution >= 4 is 10.9 Å². The molecular formula is C13H17N2+. The summed E-state index contributed by atoms with van der Waals surface area (Å²) in [7, 11) is 4.48. The molecule has 1 unspecified atom stereocenters. The molecule has 0 saturated heterocycles. The fraction of sp³-hybridized carbons (Fsp3) is 0.385. The number of benzene rings is 1. The third-order valence-corrected chi connectivity index (χ3v) is 3.61. The molecule has 1 atom stereocenters. The van der Waals surface area contributed by atoms with Gasteiger partial charge in [0.2, 0.25) is 0 Å². The standard InChI is InChI=1S/C13H16N2/c1-14-8-7-13-11(9-14)10-5-3-4-6-12(10)15(13)2/h3-6H,7-9H2,1-2H3/p+1. The van der Waals surface area contributed by atoms with Crippen LogP contribution in [-0.2, 0) is 20.0 Å². The van der Waals surface area contributed by atoms with Gasteiger partial charge >= 0.3 is 0 Å². The van der Waals surface area contributed by atoms with Crippen LogP contribution >= 0.6 is 0 Å². The summed E-state index contributed by atoms with van der Waals surface area (Å²) in [5, 5.41) is 1.45. The van der Waals surface area contributed by atoms with E-state index in [9.17, 15) is 0 Å². The van der Waals surface area contributed by atoms with Crippen molar-refractivity contribution in [2.75, 3.05) is 13.6 Å². The molecule has 0 amide bonds. The molecular weight excluding hydrogens is 184 g/mol. The first kappa shape index (κ1) is 8.98. The Bertz CT molecular complexity index is 510. The molecule has 78 valence electrons. The molecule has 3 rings (SSSR count). The van der Waals surface area contributed by atoms with Crippen LogP contribution in [0.25, 0.3) is 10.9 Å². The Morgan fingerprint density at radius 3 is 2.93 bits per heavy atom. The zero-order valence-corrected chi connectivity index (χ0v) is 9.38. The molecule has 1 aliphatic rings. The van der Waals surface area contributed by atoms with Gasteiger partial charge in [-0.1, -0.05) is 18.2 Å². The van der Waals surface area contributed by atoms with Gasteiger partial charge in [0.05, 0.1) is 13.6 Å². The lowest BCUT2D eigenvalue weighted by Crippen LogP contribution is -3.08. The smallest absolute Gasteiger partial charge is 0.105 e. The Kier molecular flexibility index (Phi) is 1.86. The number of rotatable bonds is 0. The molecule has 15 heavy (non-hydrogen) atoms. The average Bonchev–Trinajstić information content (AvgIpc) is 2.54. The summed E-state index contributed by atoms with van der Waals surface area (Å²) in [6.45, 7) is 2.44. The maximum atomic E-state index is 2.37. The minimum absolute atomic E-state index is 1.18. The van der Waals surface area contributed by atoms with Crippen molar-refractivity contribution in [3.63, 3.8) is 0 Å². The molecule has 1 aromatic carbocycles.